The average Bonchev–Trinajstić information content (AvgIpc) is 2.31. The van der Waals surface area contributed by atoms with E-state index in [0.29, 0.717) is 0 Å². The minimum atomic E-state index is 0.953. The molecule has 0 aliphatic rings. The highest BCUT2D eigenvalue weighted by molar-refractivity contribution is 4.52. The van der Waals surface area contributed by atoms with Crippen LogP contribution in [0.1, 0.15) is 32.6 Å². The summed E-state index contributed by atoms with van der Waals surface area (Å²) in [6.45, 7) is 8.67. The fraction of sp³-hybridized carbons (Fsp3) is 1.00. The summed E-state index contributed by atoms with van der Waals surface area (Å²) < 4.78 is 0. The van der Waals surface area contributed by atoms with Gasteiger partial charge in [-0.15, -0.1) is 0 Å². The number of hydrogen-bond acceptors (Lipinski definition) is 4. The van der Waals surface area contributed by atoms with Crippen molar-refractivity contribution in [3.8, 4) is 0 Å². The molecule has 0 atom stereocenters. The van der Waals surface area contributed by atoms with E-state index in [0.717, 1.165) is 39.4 Å². The summed E-state index contributed by atoms with van der Waals surface area (Å²) in [4.78, 5) is 0. The average molecular weight is 230 g/mol. The Kier molecular flexibility index (Phi) is 14.7. The summed E-state index contributed by atoms with van der Waals surface area (Å²) in [6, 6.07) is 0. The Labute approximate surface area is 101 Å². The highest BCUT2D eigenvalue weighted by Crippen LogP contribution is 1.91. The minimum absolute atomic E-state index is 0.953. The highest BCUT2D eigenvalue weighted by Gasteiger charge is 1.90. The molecule has 0 fully saturated rings. The van der Waals surface area contributed by atoms with Crippen LogP contribution in [-0.4, -0.2) is 46.4 Å². The summed E-state index contributed by atoms with van der Waals surface area (Å²) >= 11 is 0. The second-order valence-electron chi connectivity index (χ2n) is 4.09. The summed E-state index contributed by atoms with van der Waals surface area (Å²) in [6.07, 6.45) is 5.09. The van der Waals surface area contributed by atoms with Crippen molar-refractivity contribution in [3.63, 3.8) is 0 Å². The molecular weight excluding hydrogens is 200 g/mol. The maximum absolute atomic E-state index is 3.41. The van der Waals surface area contributed by atoms with Gasteiger partial charge in [-0.3, -0.25) is 0 Å². The van der Waals surface area contributed by atoms with Crippen LogP contribution in [0.25, 0.3) is 0 Å². The molecule has 0 saturated heterocycles. The number of unbranched alkanes of at least 4 members (excludes halogenated alkanes) is 2. The fourth-order valence-electron chi connectivity index (χ4n) is 1.46. The van der Waals surface area contributed by atoms with Crippen LogP contribution >= 0.6 is 0 Å². The maximum Gasteiger partial charge on any atom is 0.0454 e. The molecule has 0 amide bonds. The lowest BCUT2D eigenvalue weighted by molar-refractivity contribution is 0.538. The van der Waals surface area contributed by atoms with Gasteiger partial charge >= 0.3 is 0 Å². The first-order chi connectivity index (χ1) is 7.91. The first-order valence-corrected chi connectivity index (χ1v) is 6.68. The van der Waals surface area contributed by atoms with E-state index in [2.05, 4.69) is 28.2 Å². The van der Waals surface area contributed by atoms with Crippen molar-refractivity contribution in [2.75, 3.05) is 46.4 Å². The third kappa shape index (κ3) is 13.8. The van der Waals surface area contributed by atoms with Crippen LogP contribution in [0.5, 0.6) is 0 Å². The third-order valence-corrected chi connectivity index (χ3v) is 2.44. The lowest BCUT2D eigenvalue weighted by atomic mass is 10.2. The predicted molar refractivity (Wildman–Crippen MR) is 71.8 cm³/mol. The Morgan fingerprint density at radius 1 is 0.688 bits per heavy atom. The van der Waals surface area contributed by atoms with Crippen molar-refractivity contribution >= 4 is 0 Å². The van der Waals surface area contributed by atoms with Crippen LogP contribution < -0.4 is 21.3 Å². The van der Waals surface area contributed by atoms with Gasteiger partial charge in [-0.1, -0.05) is 13.3 Å². The Morgan fingerprint density at radius 2 is 1.38 bits per heavy atom. The monoisotopic (exact) mass is 230 g/mol. The Morgan fingerprint density at radius 3 is 2.06 bits per heavy atom. The van der Waals surface area contributed by atoms with Gasteiger partial charge < -0.3 is 21.3 Å². The molecule has 0 aliphatic carbocycles. The number of hydrogen-bond donors (Lipinski definition) is 4. The second-order valence-corrected chi connectivity index (χ2v) is 4.09. The largest absolute Gasteiger partial charge is 0.318 e. The number of likely N-dealkylation sites (N-methyl/N-ethyl adjacent to an activating group) is 1. The first-order valence-electron chi connectivity index (χ1n) is 6.68. The first kappa shape index (κ1) is 15.8. The van der Waals surface area contributed by atoms with Gasteiger partial charge in [0.05, 0.1) is 0 Å². The van der Waals surface area contributed by atoms with Crippen LogP contribution in [-0.2, 0) is 0 Å². The van der Waals surface area contributed by atoms with Gasteiger partial charge in [-0.2, -0.15) is 0 Å². The summed E-state index contributed by atoms with van der Waals surface area (Å²) in [5, 5.41) is 13.3. The topological polar surface area (TPSA) is 48.1 Å². The standard InChI is InChI=1S/C12H30N4/c1-3-7-15-12-16-9-6-4-5-8-14-11-10-13-2/h13-16H,3-12H2,1-2H3. The van der Waals surface area contributed by atoms with Crippen molar-refractivity contribution in [1.82, 2.24) is 21.3 Å². The molecule has 0 radical (unpaired) electrons. The lowest BCUT2D eigenvalue weighted by Crippen LogP contribution is -2.30. The second kappa shape index (κ2) is 14.8. The SMILES string of the molecule is CCCNCNCCCCCNCCNC. The van der Waals surface area contributed by atoms with Gasteiger partial charge in [0, 0.05) is 19.8 Å². The highest BCUT2D eigenvalue weighted by atomic mass is 15.0. The van der Waals surface area contributed by atoms with Gasteiger partial charge in [0.2, 0.25) is 0 Å². The van der Waals surface area contributed by atoms with Crippen molar-refractivity contribution in [1.29, 1.82) is 0 Å². The third-order valence-electron chi connectivity index (χ3n) is 2.44. The predicted octanol–water partition coefficient (Wildman–Crippen LogP) is 0.512. The Hall–Kier alpha value is -0.160. The summed E-state index contributed by atoms with van der Waals surface area (Å²) in [5.41, 5.74) is 0. The number of nitrogens with one attached hydrogen (secondary N) is 4. The molecule has 0 aliphatic heterocycles. The Bertz CT molecular complexity index is 106. The van der Waals surface area contributed by atoms with Crippen molar-refractivity contribution in [2.24, 2.45) is 0 Å². The zero-order valence-corrected chi connectivity index (χ0v) is 11.1. The molecule has 0 unspecified atom stereocenters. The molecule has 0 heterocycles. The molecule has 0 aromatic rings. The number of rotatable bonds is 13. The Balaban J connectivity index is 2.83. The molecule has 0 saturated carbocycles. The molecule has 0 aromatic heterocycles. The molecule has 4 N–H and O–H groups in total. The van der Waals surface area contributed by atoms with Crippen molar-refractivity contribution in [2.45, 2.75) is 32.6 Å². The van der Waals surface area contributed by atoms with E-state index in [1.165, 1.54) is 25.7 Å². The molecule has 4 nitrogen and oxygen atoms in total. The zero-order chi connectivity index (χ0) is 11.9. The van der Waals surface area contributed by atoms with Gasteiger partial charge in [-0.05, 0) is 45.9 Å². The lowest BCUT2D eigenvalue weighted by Gasteiger charge is -2.06. The van der Waals surface area contributed by atoms with Crippen molar-refractivity contribution in [3.05, 3.63) is 0 Å². The van der Waals surface area contributed by atoms with Crippen LogP contribution in [0.15, 0.2) is 0 Å². The van der Waals surface area contributed by atoms with E-state index < -0.39 is 0 Å². The van der Waals surface area contributed by atoms with E-state index in [4.69, 9.17) is 0 Å². The molecule has 16 heavy (non-hydrogen) atoms. The van der Waals surface area contributed by atoms with E-state index in [-0.39, 0.29) is 0 Å². The molecular formula is C12H30N4. The van der Waals surface area contributed by atoms with Gasteiger partial charge in [0.1, 0.15) is 0 Å². The quantitative estimate of drug-likeness (QED) is 0.275. The molecule has 0 aromatic carbocycles. The van der Waals surface area contributed by atoms with Crippen molar-refractivity contribution < 1.29 is 0 Å². The molecule has 98 valence electrons. The minimum Gasteiger partial charge on any atom is -0.318 e. The van der Waals surface area contributed by atoms with Crippen LogP contribution in [0.3, 0.4) is 0 Å². The smallest absolute Gasteiger partial charge is 0.0454 e. The van der Waals surface area contributed by atoms with Gasteiger partial charge in [0.15, 0.2) is 0 Å². The molecule has 0 spiro atoms. The fourth-order valence-corrected chi connectivity index (χ4v) is 1.46. The van der Waals surface area contributed by atoms with Crippen LogP contribution in [0.4, 0.5) is 0 Å². The van der Waals surface area contributed by atoms with E-state index in [9.17, 15) is 0 Å². The van der Waals surface area contributed by atoms with E-state index in [1.807, 2.05) is 7.05 Å². The van der Waals surface area contributed by atoms with E-state index in [1.54, 1.807) is 0 Å². The van der Waals surface area contributed by atoms with Gasteiger partial charge in [0.25, 0.3) is 0 Å². The van der Waals surface area contributed by atoms with Gasteiger partial charge in [-0.25, -0.2) is 0 Å². The van der Waals surface area contributed by atoms with Crippen LogP contribution in [0.2, 0.25) is 0 Å². The van der Waals surface area contributed by atoms with E-state index >= 15 is 0 Å². The summed E-state index contributed by atoms with van der Waals surface area (Å²) in [5.74, 6) is 0. The molecule has 0 bridgehead atoms. The maximum atomic E-state index is 3.41. The van der Waals surface area contributed by atoms with Crippen LogP contribution in [0, 0.1) is 0 Å². The summed E-state index contributed by atoms with van der Waals surface area (Å²) in [7, 11) is 1.99. The zero-order valence-electron chi connectivity index (χ0n) is 11.1. The normalized spacial score (nSPS) is 10.9. The molecule has 4 heteroatoms. The molecule has 0 rings (SSSR count).